The van der Waals surface area contributed by atoms with Crippen LogP contribution in [0.3, 0.4) is 0 Å². The second kappa shape index (κ2) is 8.59. The quantitative estimate of drug-likeness (QED) is 0.843. The Morgan fingerprint density at radius 2 is 1.73 bits per heavy atom. The van der Waals surface area contributed by atoms with E-state index in [1.807, 2.05) is 0 Å². The molecule has 0 bridgehead atoms. The molecule has 1 aromatic carbocycles. The van der Waals surface area contributed by atoms with Crippen molar-refractivity contribution >= 4 is 17.7 Å². The third-order valence-corrected chi connectivity index (χ3v) is 3.97. The minimum atomic E-state index is -2.96. The van der Waals surface area contributed by atoms with Gasteiger partial charge >= 0.3 is 6.61 Å². The zero-order chi connectivity index (χ0) is 19.3. The summed E-state index contributed by atoms with van der Waals surface area (Å²) in [6.07, 6.45) is 0. The molecule has 142 valence electrons. The lowest BCUT2D eigenvalue weighted by Gasteiger charge is -2.36. The maximum Gasteiger partial charge on any atom is 0.387 e. The highest BCUT2D eigenvalue weighted by Gasteiger charge is 2.27. The van der Waals surface area contributed by atoms with E-state index in [0.29, 0.717) is 26.2 Å². The third kappa shape index (κ3) is 5.14. The van der Waals surface area contributed by atoms with E-state index in [4.69, 9.17) is 0 Å². The molecule has 1 unspecified atom stereocenters. The zero-order valence-electron chi connectivity index (χ0n) is 14.6. The van der Waals surface area contributed by atoms with Crippen molar-refractivity contribution in [2.45, 2.75) is 26.5 Å². The molecule has 2 rings (SSSR count). The first kappa shape index (κ1) is 19.6. The summed E-state index contributed by atoms with van der Waals surface area (Å²) in [7, 11) is 0. The Labute approximate surface area is 149 Å². The number of carbonyl (C=O) groups excluding carboxylic acids is 3. The predicted octanol–water partition coefficient (Wildman–Crippen LogP) is 1.10. The van der Waals surface area contributed by atoms with E-state index in [1.165, 1.54) is 31.2 Å². The molecule has 0 aromatic heterocycles. The molecule has 1 N–H and O–H groups in total. The normalized spacial score (nSPS) is 15.6. The van der Waals surface area contributed by atoms with Gasteiger partial charge in [0.05, 0.1) is 0 Å². The summed E-state index contributed by atoms with van der Waals surface area (Å²) in [4.78, 5) is 38.9. The van der Waals surface area contributed by atoms with Gasteiger partial charge in [0.1, 0.15) is 11.8 Å². The average Bonchev–Trinajstić information content (AvgIpc) is 2.59. The Hall–Kier alpha value is -2.71. The molecule has 1 aliphatic rings. The molecule has 7 nitrogen and oxygen atoms in total. The Morgan fingerprint density at radius 1 is 1.12 bits per heavy atom. The fourth-order valence-corrected chi connectivity index (χ4v) is 2.76. The van der Waals surface area contributed by atoms with Gasteiger partial charge < -0.3 is 19.9 Å². The molecule has 1 saturated heterocycles. The van der Waals surface area contributed by atoms with Crippen LogP contribution >= 0.6 is 0 Å². The van der Waals surface area contributed by atoms with Crippen molar-refractivity contribution in [2.24, 2.45) is 0 Å². The molecule has 0 radical (unpaired) electrons. The summed E-state index contributed by atoms with van der Waals surface area (Å²) >= 11 is 0. The van der Waals surface area contributed by atoms with E-state index in [-0.39, 0.29) is 29.0 Å². The maximum atomic E-state index is 12.5. The molecule has 26 heavy (non-hydrogen) atoms. The first-order valence-corrected chi connectivity index (χ1v) is 8.18. The van der Waals surface area contributed by atoms with Gasteiger partial charge in [-0.1, -0.05) is 6.07 Å². The number of nitrogens with one attached hydrogen (secondary N) is 1. The van der Waals surface area contributed by atoms with Crippen LogP contribution in [0.25, 0.3) is 0 Å². The van der Waals surface area contributed by atoms with Gasteiger partial charge in [-0.2, -0.15) is 8.78 Å². The van der Waals surface area contributed by atoms with Crippen molar-refractivity contribution in [3.05, 3.63) is 29.8 Å². The van der Waals surface area contributed by atoms with Crippen LogP contribution in [0.2, 0.25) is 0 Å². The minimum Gasteiger partial charge on any atom is -0.435 e. The van der Waals surface area contributed by atoms with Crippen LogP contribution < -0.4 is 10.1 Å². The van der Waals surface area contributed by atoms with Gasteiger partial charge in [-0.3, -0.25) is 14.4 Å². The molecule has 9 heteroatoms. The summed E-state index contributed by atoms with van der Waals surface area (Å²) in [5, 5.41) is 2.54. The Kier molecular flexibility index (Phi) is 6.48. The molecule has 1 heterocycles. The number of hydrogen-bond donors (Lipinski definition) is 1. The molecule has 1 fully saturated rings. The Balaban J connectivity index is 1.94. The topological polar surface area (TPSA) is 79.0 Å². The lowest BCUT2D eigenvalue weighted by molar-refractivity contribution is -0.136. The predicted molar refractivity (Wildman–Crippen MR) is 88.8 cm³/mol. The van der Waals surface area contributed by atoms with Crippen LogP contribution in [0.1, 0.15) is 24.2 Å². The smallest absolute Gasteiger partial charge is 0.387 e. The third-order valence-electron chi connectivity index (χ3n) is 3.97. The fraction of sp³-hybridized carbons (Fsp3) is 0.471. The van der Waals surface area contributed by atoms with Crippen molar-refractivity contribution < 1.29 is 27.9 Å². The van der Waals surface area contributed by atoms with Gasteiger partial charge in [0.25, 0.3) is 5.91 Å². The number of carbonyl (C=O) groups is 3. The summed E-state index contributed by atoms with van der Waals surface area (Å²) in [5.74, 6) is -0.888. The number of nitrogens with zero attached hydrogens (tertiary/aromatic N) is 2. The van der Waals surface area contributed by atoms with Crippen molar-refractivity contribution in [1.82, 2.24) is 15.1 Å². The SMILES string of the molecule is CC(=O)NC(C)C(=O)N1CCN(C(=O)c2cccc(OC(F)F)c2)CC1. The van der Waals surface area contributed by atoms with Crippen molar-refractivity contribution in [2.75, 3.05) is 26.2 Å². The molecular weight excluding hydrogens is 348 g/mol. The van der Waals surface area contributed by atoms with E-state index in [0.717, 1.165) is 0 Å². The molecule has 1 aromatic rings. The highest BCUT2D eigenvalue weighted by molar-refractivity contribution is 5.95. The van der Waals surface area contributed by atoms with E-state index in [1.54, 1.807) is 16.7 Å². The number of ether oxygens (including phenoxy) is 1. The van der Waals surface area contributed by atoms with Gasteiger partial charge in [0, 0.05) is 38.7 Å². The number of piperazine rings is 1. The van der Waals surface area contributed by atoms with Crippen molar-refractivity contribution in [3.8, 4) is 5.75 Å². The first-order valence-electron chi connectivity index (χ1n) is 8.18. The molecular formula is C17H21F2N3O4. The van der Waals surface area contributed by atoms with Gasteiger partial charge in [-0.25, -0.2) is 0 Å². The summed E-state index contributed by atoms with van der Waals surface area (Å²) in [6, 6.07) is 4.99. The molecule has 0 aliphatic carbocycles. The van der Waals surface area contributed by atoms with Crippen LogP contribution in [0, 0.1) is 0 Å². The molecule has 0 spiro atoms. The maximum absolute atomic E-state index is 12.5. The lowest BCUT2D eigenvalue weighted by atomic mass is 10.1. The van der Waals surface area contributed by atoms with E-state index in [9.17, 15) is 23.2 Å². The van der Waals surface area contributed by atoms with Crippen molar-refractivity contribution in [1.29, 1.82) is 0 Å². The van der Waals surface area contributed by atoms with Crippen LogP contribution in [-0.2, 0) is 9.59 Å². The van der Waals surface area contributed by atoms with Crippen LogP contribution in [-0.4, -0.2) is 66.4 Å². The number of amides is 3. The minimum absolute atomic E-state index is 0.0798. The van der Waals surface area contributed by atoms with Crippen LogP contribution in [0.15, 0.2) is 24.3 Å². The molecule has 3 amide bonds. The molecule has 1 atom stereocenters. The molecule has 1 aliphatic heterocycles. The second-order valence-corrected chi connectivity index (χ2v) is 5.95. The number of benzene rings is 1. The standard InChI is InChI=1S/C17H21F2N3O4/c1-11(20-12(2)23)15(24)21-6-8-22(9-7-21)16(25)13-4-3-5-14(10-13)26-17(18)19/h3-5,10-11,17H,6-9H2,1-2H3,(H,20,23). The van der Waals surface area contributed by atoms with E-state index < -0.39 is 12.7 Å². The van der Waals surface area contributed by atoms with E-state index >= 15 is 0 Å². The number of hydrogen-bond acceptors (Lipinski definition) is 4. The van der Waals surface area contributed by atoms with E-state index in [2.05, 4.69) is 10.1 Å². The summed E-state index contributed by atoms with van der Waals surface area (Å²) < 4.78 is 28.9. The number of halogens is 2. The monoisotopic (exact) mass is 369 g/mol. The second-order valence-electron chi connectivity index (χ2n) is 5.95. The van der Waals surface area contributed by atoms with Gasteiger partial charge in [0.15, 0.2) is 0 Å². The highest BCUT2D eigenvalue weighted by Crippen LogP contribution is 2.18. The zero-order valence-corrected chi connectivity index (χ0v) is 14.6. The van der Waals surface area contributed by atoms with Crippen LogP contribution in [0.4, 0.5) is 8.78 Å². The van der Waals surface area contributed by atoms with Gasteiger partial charge in [0.2, 0.25) is 11.8 Å². The Bertz CT molecular complexity index is 676. The molecule has 0 saturated carbocycles. The number of rotatable bonds is 5. The largest absolute Gasteiger partial charge is 0.435 e. The Morgan fingerprint density at radius 3 is 2.31 bits per heavy atom. The van der Waals surface area contributed by atoms with Crippen LogP contribution in [0.5, 0.6) is 5.75 Å². The summed E-state index contributed by atoms with van der Waals surface area (Å²) in [6.45, 7) is 1.29. The summed E-state index contributed by atoms with van der Waals surface area (Å²) in [5.41, 5.74) is 0.245. The fourth-order valence-electron chi connectivity index (χ4n) is 2.76. The van der Waals surface area contributed by atoms with Gasteiger partial charge in [-0.05, 0) is 25.1 Å². The highest BCUT2D eigenvalue weighted by atomic mass is 19.3. The van der Waals surface area contributed by atoms with Gasteiger partial charge in [-0.15, -0.1) is 0 Å². The number of alkyl halides is 2. The first-order chi connectivity index (χ1) is 12.3. The van der Waals surface area contributed by atoms with Crippen molar-refractivity contribution in [3.63, 3.8) is 0 Å². The average molecular weight is 369 g/mol. The lowest BCUT2D eigenvalue weighted by Crippen LogP contribution is -2.55.